The van der Waals surface area contributed by atoms with Crippen LogP contribution in [0.4, 0.5) is 0 Å². The van der Waals surface area contributed by atoms with Gasteiger partial charge >= 0.3 is 0 Å². The molecule has 2 aromatic heterocycles. The highest BCUT2D eigenvalue weighted by Crippen LogP contribution is 2.78. The van der Waals surface area contributed by atoms with Gasteiger partial charge in [-0.15, -0.1) is 22.7 Å². The third-order valence-corrected chi connectivity index (χ3v) is 18.5. The van der Waals surface area contributed by atoms with Crippen molar-refractivity contribution in [1.82, 2.24) is 4.31 Å². The number of benzene rings is 1. The standard InChI is InChI=1S/C41H49NO7S3/c1-26-8-11-32(51-26)36(44)30-23-39-18-19-41(30)33(37(39,2)15-12-28(43)22-39)13-16-38(3)34(41)14-17-40(38,45)25-42(52(46,47)35-7-6-20-50-35)24-27-9-10-29(48-4)21-31(27)49-5/h6-11,18-21,23,28,33-34,43,45H,12-17,22,24-25H2,1-5H3. The Morgan fingerprint density at radius 2 is 1.73 bits per heavy atom. The van der Waals surface area contributed by atoms with E-state index in [2.05, 4.69) is 32.1 Å². The summed E-state index contributed by atoms with van der Waals surface area (Å²) in [6.07, 6.45) is 11.2. The summed E-state index contributed by atoms with van der Waals surface area (Å²) in [4.78, 5) is 16.6. The fourth-order valence-electron chi connectivity index (χ4n) is 11.5. The van der Waals surface area contributed by atoms with Gasteiger partial charge in [-0.25, -0.2) is 8.42 Å². The first-order valence-corrected chi connectivity index (χ1v) is 21.5. The molecule has 11 heteroatoms. The Labute approximate surface area is 315 Å². The number of Topliss-reactive ketones (excluding diaryl/α,β-unsaturated/α-hetero) is 1. The first-order chi connectivity index (χ1) is 24.7. The van der Waals surface area contributed by atoms with Crippen molar-refractivity contribution in [3.8, 4) is 11.5 Å². The van der Waals surface area contributed by atoms with Crippen LogP contribution >= 0.6 is 22.7 Å². The number of aliphatic hydroxyl groups excluding tert-OH is 1. The van der Waals surface area contributed by atoms with Gasteiger partial charge in [-0.1, -0.05) is 44.2 Å². The molecule has 278 valence electrons. The molecule has 9 rings (SSSR count). The molecule has 8 atom stereocenters. The van der Waals surface area contributed by atoms with Gasteiger partial charge in [-0.05, 0) is 98.8 Å². The molecular formula is C41H49NO7S3. The SMILES string of the molecule is COc1ccc(CN(CC2(O)CCC3C45C=CC6(C=C4C(=O)c4ccc(C)s4)CC(O)CCC6(C)C5CCC32C)S(=O)(=O)c2cccs2)c(OC)c1. The number of ketones is 1. The zero-order valence-electron chi connectivity index (χ0n) is 30.6. The highest BCUT2D eigenvalue weighted by Gasteiger charge is 2.74. The number of carbonyl (C=O) groups excluding carboxylic acids is 1. The van der Waals surface area contributed by atoms with Gasteiger partial charge in [-0.2, -0.15) is 4.31 Å². The summed E-state index contributed by atoms with van der Waals surface area (Å²) in [5.41, 5.74) is -1.80. The zero-order valence-corrected chi connectivity index (χ0v) is 33.0. The molecule has 6 aliphatic carbocycles. The molecule has 0 aliphatic heterocycles. The maximum absolute atomic E-state index is 14.8. The molecule has 3 aromatic rings. The number of thiophene rings is 2. The van der Waals surface area contributed by atoms with Crippen LogP contribution in [0, 0.1) is 40.4 Å². The molecule has 1 aromatic carbocycles. The van der Waals surface area contributed by atoms with Gasteiger partial charge in [0.2, 0.25) is 0 Å². The van der Waals surface area contributed by atoms with Crippen molar-refractivity contribution in [3.05, 3.63) is 87.0 Å². The quantitative estimate of drug-likeness (QED) is 0.160. The second kappa shape index (κ2) is 12.4. The highest BCUT2D eigenvalue weighted by molar-refractivity contribution is 7.91. The van der Waals surface area contributed by atoms with Crippen LogP contribution in [0.5, 0.6) is 11.5 Å². The lowest BCUT2D eigenvalue weighted by Crippen LogP contribution is -2.67. The molecule has 3 saturated carbocycles. The fourth-order valence-corrected chi connectivity index (χ4v) is 15.0. The molecule has 0 saturated heterocycles. The van der Waals surface area contributed by atoms with Gasteiger partial charge in [0.15, 0.2) is 5.78 Å². The second-order valence-corrected chi connectivity index (χ2v) is 20.8. The van der Waals surface area contributed by atoms with E-state index < -0.39 is 38.0 Å². The monoisotopic (exact) mass is 763 g/mol. The Balaban J connectivity index is 1.22. The van der Waals surface area contributed by atoms with Crippen LogP contribution in [0.3, 0.4) is 0 Å². The number of sulfonamides is 1. The van der Waals surface area contributed by atoms with Gasteiger partial charge in [0.25, 0.3) is 10.0 Å². The van der Waals surface area contributed by atoms with E-state index >= 15 is 0 Å². The molecule has 6 aliphatic rings. The number of methoxy groups -OCH3 is 2. The van der Waals surface area contributed by atoms with E-state index in [1.54, 1.807) is 43.9 Å². The van der Waals surface area contributed by atoms with E-state index in [4.69, 9.17) is 9.47 Å². The molecule has 0 amide bonds. The third-order valence-electron chi connectivity index (χ3n) is 14.3. The molecule has 52 heavy (non-hydrogen) atoms. The predicted molar refractivity (Wildman–Crippen MR) is 203 cm³/mol. The Hall–Kier alpha value is -2.80. The Kier molecular flexibility index (Phi) is 8.60. The van der Waals surface area contributed by atoms with Gasteiger partial charge in [0, 0.05) is 51.4 Å². The number of carbonyl (C=O) groups is 1. The minimum atomic E-state index is -4.01. The van der Waals surface area contributed by atoms with Crippen molar-refractivity contribution < 1.29 is 32.9 Å². The first kappa shape index (κ1) is 36.2. The summed E-state index contributed by atoms with van der Waals surface area (Å²) in [6.45, 7) is 6.45. The van der Waals surface area contributed by atoms with Crippen LogP contribution in [0.1, 0.15) is 78.9 Å². The van der Waals surface area contributed by atoms with Crippen LogP contribution in [0.15, 0.2) is 75.9 Å². The van der Waals surface area contributed by atoms with Crippen LogP contribution in [0.25, 0.3) is 0 Å². The van der Waals surface area contributed by atoms with E-state index in [1.165, 1.54) is 27.0 Å². The summed E-state index contributed by atoms with van der Waals surface area (Å²) in [5.74, 6) is 1.21. The lowest BCUT2D eigenvalue weighted by molar-refractivity contribution is -0.173. The molecular weight excluding hydrogens is 715 g/mol. The lowest BCUT2D eigenvalue weighted by Gasteiger charge is -2.71. The smallest absolute Gasteiger partial charge is 0.252 e. The van der Waals surface area contributed by atoms with Gasteiger partial charge < -0.3 is 19.7 Å². The summed E-state index contributed by atoms with van der Waals surface area (Å²) in [7, 11) is -0.882. The first-order valence-electron chi connectivity index (χ1n) is 18.4. The predicted octanol–water partition coefficient (Wildman–Crippen LogP) is 7.80. The van der Waals surface area contributed by atoms with Crippen molar-refractivity contribution >= 4 is 38.5 Å². The summed E-state index contributed by atoms with van der Waals surface area (Å²) < 4.78 is 41.7. The Morgan fingerprint density at radius 1 is 0.981 bits per heavy atom. The summed E-state index contributed by atoms with van der Waals surface area (Å²) >= 11 is 2.68. The number of aryl methyl sites for hydroxylation is 1. The molecule has 0 radical (unpaired) electrons. The van der Waals surface area contributed by atoms with Crippen LogP contribution < -0.4 is 9.47 Å². The molecule has 2 N–H and O–H groups in total. The average Bonchev–Trinajstić information content (AvgIpc) is 3.88. The number of nitrogens with zero attached hydrogens (tertiary/aromatic N) is 1. The normalized spacial score (nSPS) is 36.2. The number of hydrogen-bond donors (Lipinski definition) is 2. The molecule has 8 nitrogen and oxygen atoms in total. The molecule has 8 unspecified atom stereocenters. The van der Waals surface area contributed by atoms with Gasteiger partial charge in [-0.3, -0.25) is 4.79 Å². The molecule has 3 fully saturated rings. The third kappa shape index (κ3) is 4.98. The van der Waals surface area contributed by atoms with E-state index in [9.17, 15) is 23.4 Å². The number of ether oxygens (including phenoxy) is 2. The second-order valence-electron chi connectivity index (χ2n) is 16.4. The molecule has 2 bridgehead atoms. The average molecular weight is 764 g/mol. The van der Waals surface area contributed by atoms with Crippen molar-refractivity contribution in [2.24, 2.45) is 33.5 Å². The zero-order chi connectivity index (χ0) is 36.9. The van der Waals surface area contributed by atoms with E-state index in [0.717, 1.165) is 34.6 Å². The van der Waals surface area contributed by atoms with Crippen molar-refractivity contribution in [1.29, 1.82) is 0 Å². The number of hydrogen-bond acceptors (Lipinski definition) is 9. The van der Waals surface area contributed by atoms with Crippen molar-refractivity contribution in [2.45, 2.75) is 88.2 Å². The molecule has 2 spiro atoms. The van der Waals surface area contributed by atoms with Gasteiger partial charge in [0.1, 0.15) is 15.7 Å². The van der Waals surface area contributed by atoms with Crippen LogP contribution in [0.2, 0.25) is 0 Å². The minimum Gasteiger partial charge on any atom is -0.497 e. The maximum atomic E-state index is 14.8. The highest BCUT2D eigenvalue weighted by atomic mass is 32.2. The van der Waals surface area contributed by atoms with Crippen LogP contribution in [-0.4, -0.2) is 61.2 Å². The van der Waals surface area contributed by atoms with Gasteiger partial charge in [0.05, 0.1) is 30.8 Å². The molecule has 2 heterocycles. The number of aliphatic hydroxyl groups is 2. The Bertz CT molecular complexity index is 2070. The number of fused-ring (bicyclic) bond motifs is 1. The largest absolute Gasteiger partial charge is 0.497 e. The maximum Gasteiger partial charge on any atom is 0.252 e. The minimum absolute atomic E-state index is 0.00835. The number of rotatable bonds is 10. The van der Waals surface area contributed by atoms with E-state index in [0.29, 0.717) is 42.7 Å². The Morgan fingerprint density at radius 3 is 2.42 bits per heavy atom. The topological polar surface area (TPSA) is 113 Å². The van der Waals surface area contributed by atoms with Crippen molar-refractivity contribution in [3.63, 3.8) is 0 Å². The number of allylic oxidation sites excluding steroid dienone is 4. The summed E-state index contributed by atoms with van der Waals surface area (Å²) in [5, 5.41) is 25.9. The van der Waals surface area contributed by atoms with Crippen LogP contribution in [-0.2, 0) is 16.6 Å². The van der Waals surface area contributed by atoms with E-state index in [-0.39, 0.29) is 40.3 Å². The van der Waals surface area contributed by atoms with E-state index in [1.807, 2.05) is 25.1 Å². The van der Waals surface area contributed by atoms with Crippen molar-refractivity contribution in [2.75, 3.05) is 20.8 Å². The fraction of sp³-hybridized carbons (Fsp3) is 0.537. The summed E-state index contributed by atoms with van der Waals surface area (Å²) in [6, 6.07) is 12.6. The lowest BCUT2D eigenvalue weighted by atomic mass is 9.32.